The topological polar surface area (TPSA) is 32.3 Å². The molecule has 1 aliphatic heterocycles. The number of thioether (sulfide) groups is 1. The monoisotopic (exact) mass is 256 g/mol. The summed E-state index contributed by atoms with van der Waals surface area (Å²) in [4.78, 5) is 14.1. The number of hydrogen-bond donors (Lipinski definition) is 1. The molecule has 1 aliphatic carbocycles. The zero-order valence-corrected chi connectivity index (χ0v) is 11.6. The van der Waals surface area contributed by atoms with E-state index in [4.69, 9.17) is 0 Å². The van der Waals surface area contributed by atoms with Crippen molar-refractivity contribution >= 4 is 17.7 Å². The van der Waals surface area contributed by atoms with Gasteiger partial charge in [-0.3, -0.25) is 4.79 Å². The summed E-state index contributed by atoms with van der Waals surface area (Å²) in [5.74, 6) is 1.41. The zero-order chi connectivity index (χ0) is 12.1. The highest BCUT2D eigenvalue weighted by molar-refractivity contribution is 8.00. The average molecular weight is 256 g/mol. The van der Waals surface area contributed by atoms with Crippen LogP contribution in [0.4, 0.5) is 0 Å². The van der Waals surface area contributed by atoms with Crippen LogP contribution in [0.15, 0.2) is 0 Å². The van der Waals surface area contributed by atoms with Gasteiger partial charge < -0.3 is 10.2 Å². The first kappa shape index (κ1) is 13.2. The van der Waals surface area contributed by atoms with E-state index >= 15 is 0 Å². The lowest BCUT2D eigenvalue weighted by molar-refractivity contribution is -0.130. The molecule has 2 fully saturated rings. The average Bonchev–Trinajstić information content (AvgIpc) is 2.89. The zero-order valence-electron chi connectivity index (χ0n) is 10.8. The van der Waals surface area contributed by atoms with Crippen molar-refractivity contribution in [2.24, 2.45) is 0 Å². The first-order valence-electron chi connectivity index (χ1n) is 6.92. The first-order chi connectivity index (χ1) is 8.29. The lowest BCUT2D eigenvalue weighted by Gasteiger charge is -2.32. The van der Waals surface area contributed by atoms with E-state index in [9.17, 15) is 4.79 Å². The molecule has 98 valence electrons. The van der Waals surface area contributed by atoms with E-state index in [1.54, 1.807) is 0 Å². The molecule has 1 saturated heterocycles. The van der Waals surface area contributed by atoms with Crippen LogP contribution in [0.5, 0.6) is 0 Å². The SMILES string of the molecule is CCC1CN(C(=O)CNC2CCCC2)CCS1. The van der Waals surface area contributed by atoms with Crippen molar-refractivity contribution in [2.45, 2.75) is 50.3 Å². The fraction of sp³-hybridized carbons (Fsp3) is 0.923. The van der Waals surface area contributed by atoms with Crippen LogP contribution in [0.3, 0.4) is 0 Å². The van der Waals surface area contributed by atoms with Gasteiger partial charge >= 0.3 is 0 Å². The number of carbonyl (C=O) groups is 1. The van der Waals surface area contributed by atoms with Crippen LogP contribution in [-0.4, -0.2) is 47.5 Å². The van der Waals surface area contributed by atoms with Crippen molar-refractivity contribution in [3.05, 3.63) is 0 Å². The first-order valence-corrected chi connectivity index (χ1v) is 7.97. The summed E-state index contributed by atoms with van der Waals surface area (Å²) in [5.41, 5.74) is 0. The lowest BCUT2D eigenvalue weighted by Crippen LogP contribution is -2.46. The van der Waals surface area contributed by atoms with Crippen LogP contribution in [0.2, 0.25) is 0 Å². The molecule has 0 radical (unpaired) electrons. The van der Waals surface area contributed by atoms with Gasteiger partial charge in [0.1, 0.15) is 0 Å². The molecule has 17 heavy (non-hydrogen) atoms. The van der Waals surface area contributed by atoms with Gasteiger partial charge in [-0.25, -0.2) is 0 Å². The largest absolute Gasteiger partial charge is 0.340 e. The summed E-state index contributed by atoms with van der Waals surface area (Å²) in [5, 5.41) is 4.07. The highest BCUT2D eigenvalue weighted by Crippen LogP contribution is 2.21. The molecule has 0 spiro atoms. The molecular formula is C13H24N2OS. The van der Waals surface area contributed by atoms with Crippen LogP contribution in [0.25, 0.3) is 0 Å². The Morgan fingerprint density at radius 2 is 2.18 bits per heavy atom. The van der Waals surface area contributed by atoms with Crippen LogP contribution in [0, 0.1) is 0 Å². The minimum atomic E-state index is 0.302. The van der Waals surface area contributed by atoms with Crippen LogP contribution in [0.1, 0.15) is 39.0 Å². The molecule has 1 heterocycles. The predicted molar refractivity (Wildman–Crippen MR) is 73.4 cm³/mol. The van der Waals surface area contributed by atoms with E-state index in [1.807, 2.05) is 16.7 Å². The Labute approximate surface area is 109 Å². The summed E-state index contributed by atoms with van der Waals surface area (Å²) >= 11 is 2.01. The molecule has 1 N–H and O–H groups in total. The van der Waals surface area contributed by atoms with Gasteiger partial charge in [-0.2, -0.15) is 11.8 Å². The van der Waals surface area contributed by atoms with Gasteiger partial charge in [0.15, 0.2) is 0 Å². The van der Waals surface area contributed by atoms with Gasteiger partial charge in [-0.15, -0.1) is 0 Å². The molecular weight excluding hydrogens is 232 g/mol. The highest BCUT2D eigenvalue weighted by atomic mass is 32.2. The molecule has 3 nitrogen and oxygen atoms in total. The fourth-order valence-electron chi connectivity index (χ4n) is 2.67. The molecule has 2 rings (SSSR count). The second-order valence-electron chi connectivity index (χ2n) is 5.10. The number of hydrogen-bond acceptors (Lipinski definition) is 3. The maximum atomic E-state index is 12.1. The Morgan fingerprint density at radius 3 is 2.88 bits per heavy atom. The molecule has 0 bridgehead atoms. The maximum absolute atomic E-state index is 12.1. The summed E-state index contributed by atoms with van der Waals surface area (Å²) in [6.07, 6.45) is 6.32. The van der Waals surface area contributed by atoms with Gasteiger partial charge in [0.05, 0.1) is 6.54 Å². The highest BCUT2D eigenvalue weighted by Gasteiger charge is 2.23. The normalized spacial score (nSPS) is 26.4. The molecule has 1 atom stereocenters. The number of carbonyl (C=O) groups excluding carboxylic acids is 1. The molecule has 1 unspecified atom stereocenters. The molecule has 2 aliphatic rings. The lowest BCUT2D eigenvalue weighted by atomic mass is 10.2. The smallest absolute Gasteiger partial charge is 0.236 e. The standard InChI is InChI=1S/C13H24N2OS/c1-2-12-10-15(7-8-17-12)13(16)9-14-11-5-3-4-6-11/h11-12,14H,2-10H2,1H3. The van der Waals surface area contributed by atoms with E-state index in [0.717, 1.165) is 18.8 Å². The number of nitrogens with zero attached hydrogens (tertiary/aromatic N) is 1. The third-order valence-electron chi connectivity index (χ3n) is 3.84. The van der Waals surface area contributed by atoms with Crippen molar-refractivity contribution in [3.8, 4) is 0 Å². The van der Waals surface area contributed by atoms with Gasteiger partial charge in [-0.1, -0.05) is 19.8 Å². The van der Waals surface area contributed by atoms with E-state index in [-0.39, 0.29) is 0 Å². The molecule has 0 aromatic heterocycles. The van der Waals surface area contributed by atoms with Crippen molar-refractivity contribution in [2.75, 3.05) is 25.4 Å². The van der Waals surface area contributed by atoms with Crippen molar-refractivity contribution in [1.29, 1.82) is 0 Å². The van der Waals surface area contributed by atoms with Crippen molar-refractivity contribution in [1.82, 2.24) is 10.2 Å². The molecule has 1 amide bonds. The second-order valence-corrected chi connectivity index (χ2v) is 6.51. The second kappa shape index (κ2) is 6.64. The van der Waals surface area contributed by atoms with Gasteiger partial charge in [-0.05, 0) is 19.3 Å². The maximum Gasteiger partial charge on any atom is 0.236 e. The number of nitrogens with one attached hydrogen (secondary N) is 1. The van der Waals surface area contributed by atoms with Crippen LogP contribution < -0.4 is 5.32 Å². The summed E-state index contributed by atoms with van der Waals surface area (Å²) in [6, 6.07) is 0.597. The minimum Gasteiger partial charge on any atom is -0.340 e. The van der Waals surface area contributed by atoms with Gasteiger partial charge in [0.25, 0.3) is 0 Å². The quantitative estimate of drug-likeness (QED) is 0.833. The summed E-state index contributed by atoms with van der Waals surface area (Å²) in [6.45, 7) is 4.65. The minimum absolute atomic E-state index is 0.302. The predicted octanol–water partition coefficient (Wildman–Crippen LogP) is 1.87. The van der Waals surface area contributed by atoms with Gasteiger partial charge in [0, 0.05) is 30.1 Å². The van der Waals surface area contributed by atoms with Gasteiger partial charge in [0.2, 0.25) is 5.91 Å². The van der Waals surface area contributed by atoms with Crippen LogP contribution >= 0.6 is 11.8 Å². The van der Waals surface area contributed by atoms with E-state index in [1.165, 1.54) is 32.1 Å². The fourth-order valence-corrected chi connectivity index (χ4v) is 3.85. The molecule has 1 saturated carbocycles. The Kier molecular flexibility index (Phi) is 5.16. The van der Waals surface area contributed by atoms with E-state index in [0.29, 0.717) is 23.7 Å². The Bertz CT molecular complexity index is 254. The Balaban J connectivity index is 1.71. The summed E-state index contributed by atoms with van der Waals surface area (Å²) in [7, 11) is 0. The van der Waals surface area contributed by atoms with Crippen molar-refractivity contribution < 1.29 is 4.79 Å². The third-order valence-corrected chi connectivity index (χ3v) is 5.22. The summed E-state index contributed by atoms with van der Waals surface area (Å²) < 4.78 is 0. The van der Waals surface area contributed by atoms with Crippen LogP contribution in [-0.2, 0) is 4.79 Å². The van der Waals surface area contributed by atoms with Crippen molar-refractivity contribution in [3.63, 3.8) is 0 Å². The number of amides is 1. The van der Waals surface area contributed by atoms with E-state index < -0.39 is 0 Å². The Hall–Kier alpha value is -0.220. The molecule has 0 aromatic carbocycles. The Morgan fingerprint density at radius 1 is 1.41 bits per heavy atom. The third kappa shape index (κ3) is 3.88. The molecule has 4 heteroatoms. The molecule has 0 aromatic rings. The number of rotatable bonds is 4. The van der Waals surface area contributed by atoms with E-state index in [2.05, 4.69) is 12.2 Å².